The molecular formula is C10H12N4OS. The maximum Gasteiger partial charge on any atom is 0.268 e. The molecule has 2 rings (SSSR count). The Bertz CT molecular complexity index is 502. The molecule has 0 radical (unpaired) electrons. The zero-order valence-corrected chi connectivity index (χ0v) is 9.91. The van der Waals surface area contributed by atoms with E-state index in [0.717, 1.165) is 11.4 Å². The van der Waals surface area contributed by atoms with Crippen LogP contribution in [-0.2, 0) is 13.5 Å². The molecule has 5 nitrogen and oxygen atoms in total. The third-order valence-corrected chi connectivity index (χ3v) is 3.18. The normalized spacial score (nSPS) is 10.4. The predicted molar refractivity (Wildman–Crippen MR) is 62.7 cm³/mol. The lowest BCUT2D eigenvalue weighted by atomic mass is 10.5. The number of nitrogens with zero attached hydrogens (tertiary/aromatic N) is 3. The van der Waals surface area contributed by atoms with Gasteiger partial charge >= 0.3 is 0 Å². The fourth-order valence-electron chi connectivity index (χ4n) is 1.24. The largest absolute Gasteiger partial charge is 0.304 e. The summed E-state index contributed by atoms with van der Waals surface area (Å²) in [5.41, 5.74) is 0. The Labute approximate surface area is 97.1 Å². The first-order valence-corrected chi connectivity index (χ1v) is 5.76. The van der Waals surface area contributed by atoms with Crippen LogP contribution >= 0.6 is 11.3 Å². The minimum atomic E-state index is -0.157. The summed E-state index contributed by atoms with van der Waals surface area (Å²) in [6, 6.07) is 1.75. The van der Waals surface area contributed by atoms with Gasteiger partial charge in [0.1, 0.15) is 4.88 Å². The van der Waals surface area contributed by atoms with E-state index in [0.29, 0.717) is 10.7 Å². The minimum absolute atomic E-state index is 0.157. The van der Waals surface area contributed by atoms with Gasteiger partial charge in [0.15, 0.2) is 5.82 Å². The number of nitrogens with one attached hydrogen (secondary N) is 1. The zero-order valence-electron chi connectivity index (χ0n) is 9.10. The van der Waals surface area contributed by atoms with E-state index in [4.69, 9.17) is 0 Å². The molecule has 16 heavy (non-hydrogen) atoms. The molecule has 1 N–H and O–H groups in total. The van der Waals surface area contributed by atoms with E-state index in [1.165, 1.54) is 11.3 Å². The molecular weight excluding hydrogens is 224 g/mol. The molecule has 0 saturated heterocycles. The average molecular weight is 236 g/mol. The molecule has 0 aliphatic carbocycles. The number of anilines is 1. The number of thiazole rings is 1. The molecule has 2 aromatic heterocycles. The van der Waals surface area contributed by atoms with Crippen molar-refractivity contribution in [3.05, 3.63) is 28.3 Å². The van der Waals surface area contributed by atoms with E-state index in [1.54, 1.807) is 30.2 Å². The second-order valence-corrected chi connectivity index (χ2v) is 4.42. The standard InChI is InChI=1S/C10H12N4OS/c1-3-9-11-6-7(16-9)10(15)12-8-4-5-14(2)13-8/h4-6H,3H2,1-2H3,(H,12,13,15). The van der Waals surface area contributed by atoms with Crippen molar-refractivity contribution in [2.24, 2.45) is 7.05 Å². The smallest absolute Gasteiger partial charge is 0.268 e. The van der Waals surface area contributed by atoms with Crippen molar-refractivity contribution in [3.63, 3.8) is 0 Å². The van der Waals surface area contributed by atoms with E-state index in [9.17, 15) is 4.79 Å². The van der Waals surface area contributed by atoms with E-state index in [-0.39, 0.29) is 5.91 Å². The van der Waals surface area contributed by atoms with Crippen molar-refractivity contribution in [3.8, 4) is 0 Å². The second-order valence-electron chi connectivity index (χ2n) is 3.30. The van der Waals surface area contributed by atoms with Crippen LogP contribution in [0.1, 0.15) is 21.6 Å². The molecule has 0 bridgehead atoms. The van der Waals surface area contributed by atoms with Crippen molar-refractivity contribution >= 4 is 23.1 Å². The van der Waals surface area contributed by atoms with Gasteiger partial charge < -0.3 is 5.32 Å². The Morgan fingerprint density at radius 3 is 3.00 bits per heavy atom. The summed E-state index contributed by atoms with van der Waals surface area (Å²) in [5.74, 6) is 0.398. The number of aromatic nitrogens is 3. The zero-order chi connectivity index (χ0) is 11.5. The highest BCUT2D eigenvalue weighted by atomic mass is 32.1. The number of rotatable bonds is 3. The molecule has 84 valence electrons. The van der Waals surface area contributed by atoms with E-state index < -0.39 is 0 Å². The van der Waals surface area contributed by atoms with Crippen LogP contribution < -0.4 is 5.32 Å². The van der Waals surface area contributed by atoms with Gasteiger partial charge in [0, 0.05) is 19.3 Å². The quantitative estimate of drug-likeness (QED) is 0.882. The summed E-state index contributed by atoms with van der Waals surface area (Å²) in [6.07, 6.45) is 4.23. The summed E-state index contributed by atoms with van der Waals surface area (Å²) in [6.45, 7) is 2.01. The third-order valence-electron chi connectivity index (χ3n) is 2.04. The maximum absolute atomic E-state index is 11.8. The first-order chi connectivity index (χ1) is 7.69. The van der Waals surface area contributed by atoms with Crippen LogP contribution in [0.5, 0.6) is 0 Å². The maximum atomic E-state index is 11.8. The van der Waals surface area contributed by atoms with Gasteiger partial charge in [-0.1, -0.05) is 6.92 Å². The van der Waals surface area contributed by atoms with Crippen LogP contribution in [0.4, 0.5) is 5.82 Å². The van der Waals surface area contributed by atoms with Crippen LogP contribution in [0, 0.1) is 0 Å². The summed E-state index contributed by atoms with van der Waals surface area (Å²) >= 11 is 1.41. The molecule has 2 heterocycles. The molecule has 0 spiro atoms. The SMILES string of the molecule is CCc1ncc(C(=O)Nc2ccn(C)n2)s1. The lowest BCUT2D eigenvalue weighted by molar-refractivity contribution is 0.103. The molecule has 0 aromatic carbocycles. The first-order valence-electron chi connectivity index (χ1n) is 4.94. The van der Waals surface area contributed by atoms with Gasteiger partial charge in [0.05, 0.1) is 11.2 Å². The molecule has 0 fully saturated rings. The number of hydrogen-bond donors (Lipinski definition) is 1. The molecule has 0 saturated carbocycles. The summed E-state index contributed by atoms with van der Waals surface area (Å²) in [4.78, 5) is 16.5. The van der Waals surface area contributed by atoms with Crippen molar-refractivity contribution in [2.75, 3.05) is 5.32 Å². The predicted octanol–water partition coefficient (Wildman–Crippen LogP) is 1.69. The molecule has 6 heteroatoms. The molecule has 1 amide bonds. The van der Waals surface area contributed by atoms with E-state index in [1.807, 2.05) is 6.92 Å². The van der Waals surface area contributed by atoms with Crippen LogP contribution in [-0.4, -0.2) is 20.7 Å². The van der Waals surface area contributed by atoms with Gasteiger partial charge in [0.2, 0.25) is 0 Å². The van der Waals surface area contributed by atoms with E-state index >= 15 is 0 Å². The topological polar surface area (TPSA) is 59.8 Å². The van der Waals surface area contributed by atoms with Gasteiger partial charge in [-0.2, -0.15) is 5.10 Å². The molecule has 0 atom stereocenters. The van der Waals surface area contributed by atoms with Gasteiger partial charge in [-0.15, -0.1) is 11.3 Å². The second kappa shape index (κ2) is 4.44. The van der Waals surface area contributed by atoms with Gasteiger partial charge in [0.25, 0.3) is 5.91 Å². The van der Waals surface area contributed by atoms with Crippen molar-refractivity contribution in [2.45, 2.75) is 13.3 Å². The Morgan fingerprint density at radius 1 is 1.62 bits per heavy atom. The Morgan fingerprint density at radius 2 is 2.44 bits per heavy atom. The van der Waals surface area contributed by atoms with E-state index in [2.05, 4.69) is 15.4 Å². The summed E-state index contributed by atoms with van der Waals surface area (Å²) in [7, 11) is 1.80. The number of carbonyl (C=O) groups is 1. The van der Waals surface area contributed by atoms with Crippen molar-refractivity contribution in [1.82, 2.24) is 14.8 Å². The van der Waals surface area contributed by atoms with Crippen molar-refractivity contribution < 1.29 is 4.79 Å². The van der Waals surface area contributed by atoms with Crippen molar-refractivity contribution in [1.29, 1.82) is 0 Å². The Hall–Kier alpha value is -1.69. The number of aryl methyl sites for hydroxylation is 2. The highest BCUT2D eigenvalue weighted by molar-refractivity contribution is 7.13. The minimum Gasteiger partial charge on any atom is -0.304 e. The first kappa shape index (κ1) is 10.8. The summed E-state index contributed by atoms with van der Waals surface area (Å²) in [5, 5.41) is 7.75. The van der Waals surface area contributed by atoms with Crippen LogP contribution in [0.25, 0.3) is 0 Å². The average Bonchev–Trinajstić information content (AvgIpc) is 2.87. The number of hydrogen-bond acceptors (Lipinski definition) is 4. The highest BCUT2D eigenvalue weighted by Crippen LogP contribution is 2.14. The third kappa shape index (κ3) is 2.27. The van der Waals surface area contributed by atoms with Gasteiger partial charge in [-0.3, -0.25) is 9.48 Å². The number of carbonyl (C=O) groups excluding carboxylic acids is 1. The fourth-order valence-corrected chi connectivity index (χ4v) is 1.99. The monoisotopic (exact) mass is 236 g/mol. The van der Waals surface area contributed by atoms with Gasteiger partial charge in [-0.25, -0.2) is 4.98 Å². The highest BCUT2D eigenvalue weighted by Gasteiger charge is 2.10. The molecule has 0 aliphatic rings. The Kier molecular flexibility index (Phi) is 3.00. The summed E-state index contributed by atoms with van der Waals surface area (Å²) < 4.78 is 1.64. The van der Waals surface area contributed by atoms with Crippen LogP contribution in [0.3, 0.4) is 0 Å². The lowest BCUT2D eigenvalue weighted by Gasteiger charge is -1.97. The molecule has 0 aliphatic heterocycles. The molecule has 2 aromatic rings. The fraction of sp³-hybridized carbons (Fsp3) is 0.300. The van der Waals surface area contributed by atoms with Gasteiger partial charge in [-0.05, 0) is 6.42 Å². The van der Waals surface area contributed by atoms with Crippen LogP contribution in [0.15, 0.2) is 18.5 Å². The molecule has 0 unspecified atom stereocenters. The lowest BCUT2D eigenvalue weighted by Crippen LogP contribution is -2.10. The van der Waals surface area contributed by atoms with Crippen LogP contribution in [0.2, 0.25) is 0 Å². The Balaban J connectivity index is 2.08. The number of amides is 1.